The molecule has 2 aliphatic carbocycles. The van der Waals surface area contributed by atoms with Gasteiger partial charge in [-0.3, -0.25) is 9.59 Å². The van der Waals surface area contributed by atoms with Crippen molar-refractivity contribution in [2.75, 3.05) is 6.61 Å². The summed E-state index contributed by atoms with van der Waals surface area (Å²) in [5.41, 5.74) is 3.15. The van der Waals surface area contributed by atoms with Gasteiger partial charge in [0.15, 0.2) is 5.69 Å². The number of aromatic nitrogens is 2. The molecule has 1 fully saturated rings. The van der Waals surface area contributed by atoms with E-state index in [1.807, 2.05) is 0 Å². The number of halogens is 1. The molecule has 30 heavy (non-hydrogen) atoms. The van der Waals surface area contributed by atoms with Crippen molar-refractivity contribution in [3.8, 4) is 5.69 Å². The van der Waals surface area contributed by atoms with Gasteiger partial charge in [0.1, 0.15) is 5.82 Å². The minimum Gasteiger partial charge on any atom is -0.466 e. The molecule has 1 saturated carbocycles. The molecule has 6 nitrogen and oxygen atoms in total. The minimum atomic E-state index is -0.308. The summed E-state index contributed by atoms with van der Waals surface area (Å²) in [4.78, 5) is 25.6. The van der Waals surface area contributed by atoms with Crippen LogP contribution in [0.15, 0.2) is 24.3 Å². The maximum atomic E-state index is 13.4. The minimum absolute atomic E-state index is 0.235. The van der Waals surface area contributed by atoms with E-state index in [1.54, 1.807) is 23.7 Å². The SMILES string of the molecule is CCOC(=O)[C@@H]1CCCC[C@@H]1NC(=O)c1nn(-c2ccc(F)cc2)c2c1CCCC2. The van der Waals surface area contributed by atoms with Gasteiger partial charge in [-0.05, 0) is 69.7 Å². The van der Waals surface area contributed by atoms with Gasteiger partial charge in [-0.25, -0.2) is 9.07 Å². The number of benzene rings is 1. The molecule has 160 valence electrons. The van der Waals surface area contributed by atoms with Crippen LogP contribution in [0.3, 0.4) is 0 Å². The van der Waals surface area contributed by atoms with Crippen LogP contribution in [0.2, 0.25) is 0 Å². The first-order chi connectivity index (χ1) is 14.6. The number of rotatable bonds is 5. The van der Waals surface area contributed by atoms with Gasteiger partial charge in [0.2, 0.25) is 0 Å². The Balaban J connectivity index is 1.61. The van der Waals surface area contributed by atoms with Gasteiger partial charge in [-0.15, -0.1) is 0 Å². The van der Waals surface area contributed by atoms with E-state index in [1.165, 1.54) is 12.1 Å². The standard InChI is InChI=1S/C23H28FN3O3/c1-2-30-23(29)17-7-3-5-9-19(17)25-22(28)21-18-8-4-6-10-20(18)27(26-21)16-13-11-15(24)12-14-16/h11-14,17,19H,2-10H2,1H3,(H,25,28)/t17-,19+/m1/s1. The first-order valence-corrected chi connectivity index (χ1v) is 10.9. The van der Waals surface area contributed by atoms with Crippen molar-refractivity contribution in [3.63, 3.8) is 0 Å². The molecule has 0 aliphatic heterocycles. The number of esters is 1. The third-order valence-electron chi connectivity index (χ3n) is 6.14. The first kappa shape index (κ1) is 20.6. The lowest BCUT2D eigenvalue weighted by molar-refractivity contribution is -0.150. The summed E-state index contributed by atoms with van der Waals surface area (Å²) in [6, 6.07) is 5.92. The number of nitrogens with zero attached hydrogens (tertiary/aromatic N) is 2. The second-order valence-corrected chi connectivity index (χ2v) is 8.09. The van der Waals surface area contributed by atoms with Crippen molar-refractivity contribution in [1.29, 1.82) is 0 Å². The molecule has 2 aromatic rings. The second-order valence-electron chi connectivity index (χ2n) is 8.09. The van der Waals surface area contributed by atoms with Crippen LogP contribution in [0.4, 0.5) is 4.39 Å². The van der Waals surface area contributed by atoms with Crippen LogP contribution in [-0.4, -0.2) is 34.3 Å². The van der Waals surface area contributed by atoms with Crippen LogP contribution < -0.4 is 5.32 Å². The highest BCUT2D eigenvalue weighted by Crippen LogP contribution is 2.29. The van der Waals surface area contributed by atoms with Crippen molar-refractivity contribution in [1.82, 2.24) is 15.1 Å². The molecule has 1 N–H and O–H groups in total. The van der Waals surface area contributed by atoms with E-state index >= 15 is 0 Å². The van der Waals surface area contributed by atoms with Crippen LogP contribution in [0.1, 0.15) is 67.2 Å². The van der Waals surface area contributed by atoms with Gasteiger partial charge in [0.25, 0.3) is 5.91 Å². The molecule has 2 atom stereocenters. The second kappa shape index (κ2) is 8.98. The highest BCUT2D eigenvalue weighted by Gasteiger charge is 2.35. The highest BCUT2D eigenvalue weighted by atomic mass is 19.1. The van der Waals surface area contributed by atoms with Crippen LogP contribution in [0.25, 0.3) is 5.69 Å². The van der Waals surface area contributed by atoms with Gasteiger partial charge in [0, 0.05) is 17.3 Å². The molecule has 1 aromatic heterocycles. The number of nitrogens with one attached hydrogen (secondary N) is 1. The van der Waals surface area contributed by atoms with Crippen LogP contribution in [0.5, 0.6) is 0 Å². The van der Waals surface area contributed by atoms with Gasteiger partial charge < -0.3 is 10.1 Å². The molecular formula is C23H28FN3O3. The third kappa shape index (κ3) is 4.11. The lowest BCUT2D eigenvalue weighted by Crippen LogP contribution is -2.46. The fourth-order valence-corrected chi connectivity index (χ4v) is 4.65. The number of hydrogen-bond acceptors (Lipinski definition) is 4. The normalized spacial score (nSPS) is 21.0. The zero-order chi connectivity index (χ0) is 21.1. The van der Waals surface area contributed by atoms with E-state index in [0.29, 0.717) is 12.3 Å². The highest BCUT2D eigenvalue weighted by molar-refractivity contribution is 5.94. The van der Waals surface area contributed by atoms with Crippen molar-refractivity contribution in [2.24, 2.45) is 5.92 Å². The zero-order valence-corrected chi connectivity index (χ0v) is 17.3. The molecule has 0 saturated heterocycles. The van der Waals surface area contributed by atoms with Crippen LogP contribution in [0, 0.1) is 11.7 Å². The van der Waals surface area contributed by atoms with Gasteiger partial charge in [-0.1, -0.05) is 12.8 Å². The molecule has 4 rings (SSSR count). The zero-order valence-electron chi connectivity index (χ0n) is 17.3. The Morgan fingerprint density at radius 1 is 1.13 bits per heavy atom. The van der Waals surface area contributed by atoms with Crippen molar-refractivity contribution < 1.29 is 18.7 Å². The van der Waals surface area contributed by atoms with Crippen molar-refractivity contribution >= 4 is 11.9 Å². The summed E-state index contributed by atoms with van der Waals surface area (Å²) in [5, 5.41) is 7.70. The molecule has 0 unspecified atom stereocenters. The summed E-state index contributed by atoms with van der Waals surface area (Å²) >= 11 is 0. The van der Waals surface area contributed by atoms with E-state index < -0.39 is 0 Å². The summed E-state index contributed by atoms with van der Waals surface area (Å²) in [5.74, 6) is -1.09. The summed E-state index contributed by atoms with van der Waals surface area (Å²) in [7, 11) is 0. The molecule has 0 bridgehead atoms. The Morgan fingerprint density at radius 2 is 1.87 bits per heavy atom. The Labute approximate surface area is 175 Å². The fraction of sp³-hybridized carbons (Fsp3) is 0.522. The fourth-order valence-electron chi connectivity index (χ4n) is 4.65. The smallest absolute Gasteiger partial charge is 0.311 e. The Bertz CT molecular complexity index is 923. The Hall–Kier alpha value is -2.70. The van der Waals surface area contributed by atoms with Gasteiger partial charge >= 0.3 is 5.97 Å². The summed E-state index contributed by atoms with van der Waals surface area (Å²) in [6.45, 7) is 2.13. The van der Waals surface area contributed by atoms with Gasteiger partial charge in [-0.2, -0.15) is 5.10 Å². The molecule has 0 radical (unpaired) electrons. The predicted octanol–water partition coefficient (Wildman–Crippen LogP) is 3.74. The summed E-state index contributed by atoms with van der Waals surface area (Å²) < 4.78 is 20.4. The van der Waals surface area contributed by atoms with Crippen LogP contribution >= 0.6 is 0 Å². The van der Waals surface area contributed by atoms with Crippen LogP contribution in [-0.2, 0) is 22.4 Å². The monoisotopic (exact) mass is 413 g/mol. The maximum absolute atomic E-state index is 13.4. The molecule has 2 aliphatic rings. The Kier molecular flexibility index (Phi) is 6.16. The molecule has 1 aromatic carbocycles. The molecule has 1 amide bonds. The average molecular weight is 413 g/mol. The maximum Gasteiger partial charge on any atom is 0.311 e. The quantitative estimate of drug-likeness (QED) is 0.758. The van der Waals surface area contributed by atoms with Crippen molar-refractivity contribution in [2.45, 2.75) is 64.3 Å². The van der Waals surface area contributed by atoms with E-state index in [-0.39, 0.29) is 29.7 Å². The van der Waals surface area contributed by atoms with Crippen molar-refractivity contribution in [3.05, 3.63) is 47.0 Å². The number of carbonyl (C=O) groups is 2. The van der Waals surface area contributed by atoms with E-state index in [2.05, 4.69) is 10.4 Å². The topological polar surface area (TPSA) is 73.2 Å². The first-order valence-electron chi connectivity index (χ1n) is 10.9. The number of carbonyl (C=O) groups excluding carboxylic acids is 2. The average Bonchev–Trinajstić information content (AvgIpc) is 3.15. The number of amides is 1. The Morgan fingerprint density at radius 3 is 2.63 bits per heavy atom. The number of ether oxygens (including phenoxy) is 1. The third-order valence-corrected chi connectivity index (χ3v) is 6.14. The summed E-state index contributed by atoms with van der Waals surface area (Å²) in [6.07, 6.45) is 7.11. The lowest BCUT2D eigenvalue weighted by Gasteiger charge is -2.30. The molecule has 7 heteroatoms. The molecular weight excluding hydrogens is 385 g/mol. The lowest BCUT2D eigenvalue weighted by atomic mass is 9.84. The predicted molar refractivity (Wildman–Crippen MR) is 110 cm³/mol. The molecule has 0 spiro atoms. The number of hydrogen-bond donors (Lipinski definition) is 1. The molecule has 1 heterocycles. The largest absolute Gasteiger partial charge is 0.466 e. The number of fused-ring (bicyclic) bond motifs is 1. The van der Waals surface area contributed by atoms with E-state index in [4.69, 9.17) is 4.74 Å². The van der Waals surface area contributed by atoms with E-state index in [0.717, 1.165) is 68.3 Å². The van der Waals surface area contributed by atoms with Gasteiger partial charge in [0.05, 0.1) is 18.2 Å². The van der Waals surface area contributed by atoms with E-state index in [9.17, 15) is 14.0 Å².